The van der Waals surface area contributed by atoms with Crippen molar-refractivity contribution < 1.29 is 18.3 Å². The second-order valence-electron chi connectivity index (χ2n) is 9.16. The first-order valence-electron chi connectivity index (χ1n) is 9.94. The first-order valence-corrected chi connectivity index (χ1v) is 12.4. The summed E-state index contributed by atoms with van der Waals surface area (Å²) in [5.41, 5.74) is 3.22. The highest BCUT2D eigenvalue weighted by Crippen LogP contribution is 2.38. The molecule has 1 atom stereocenters. The van der Waals surface area contributed by atoms with Crippen LogP contribution in [0.5, 0.6) is 0 Å². The molecule has 1 N–H and O–H groups in total. The van der Waals surface area contributed by atoms with Gasteiger partial charge in [-0.1, -0.05) is 57.2 Å². The van der Waals surface area contributed by atoms with Crippen molar-refractivity contribution in [1.29, 1.82) is 0 Å². The summed E-state index contributed by atoms with van der Waals surface area (Å²) in [7, 11) is -3.91. The van der Waals surface area contributed by atoms with Gasteiger partial charge in [-0.2, -0.15) is 16.1 Å². The van der Waals surface area contributed by atoms with Crippen molar-refractivity contribution in [2.24, 2.45) is 0 Å². The minimum absolute atomic E-state index is 0.0671. The topological polar surface area (TPSA) is 74.7 Å². The fourth-order valence-electron chi connectivity index (χ4n) is 3.75. The molecule has 162 valence electrons. The van der Waals surface area contributed by atoms with Gasteiger partial charge in [-0.25, -0.2) is 8.42 Å². The van der Waals surface area contributed by atoms with Crippen LogP contribution < -0.4 is 0 Å². The Kier molecular flexibility index (Phi) is 6.11. The summed E-state index contributed by atoms with van der Waals surface area (Å²) < 4.78 is 26.9. The molecule has 0 amide bonds. The Morgan fingerprint density at radius 1 is 1.03 bits per heavy atom. The number of carbonyl (C=O) groups is 1. The standard InChI is InChI=1S/C23H29NO4S2/c1-22(2,3)18-10-6-16(7-11-18)17-8-12-19(13-9-17)30(27,28)24-14-15-29-23(4,5)20(24)21(25)26/h6-13,20H,14-15H2,1-5H3,(H,25,26). The van der Waals surface area contributed by atoms with Gasteiger partial charge in [-0.3, -0.25) is 4.79 Å². The van der Waals surface area contributed by atoms with Crippen LogP contribution in [-0.2, 0) is 20.2 Å². The van der Waals surface area contributed by atoms with Crippen molar-refractivity contribution >= 4 is 27.8 Å². The van der Waals surface area contributed by atoms with E-state index in [2.05, 4.69) is 32.9 Å². The second-order valence-corrected chi connectivity index (χ2v) is 12.8. The minimum atomic E-state index is -3.91. The highest BCUT2D eigenvalue weighted by Gasteiger charge is 2.48. The first kappa shape index (κ1) is 22.8. The van der Waals surface area contributed by atoms with E-state index in [0.717, 1.165) is 15.4 Å². The van der Waals surface area contributed by atoms with Crippen LogP contribution >= 0.6 is 11.8 Å². The van der Waals surface area contributed by atoms with Crippen LogP contribution in [-0.4, -0.2) is 46.9 Å². The molecule has 1 aliphatic rings. The van der Waals surface area contributed by atoms with Crippen molar-refractivity contribution in [1.82, 2.24) is 4.31 Å². The van der Waals surface area contributed by atoms with Gasteiger partial charge in [0, 0.05) is 17.0 Å². The van der Waals surface area contributed by atoms with Crippen molar-refractivity contribution in [2.45, 2.75) is 55.7 Å². The zero-order chi connectivity index (χ0) is 22.3. The molecule has 1 saturated heterocycles. The number of carboxylic acids is 1. The van der Waals surface area contributed by atoms with Gasteiger partial charge in [0.2, 0.25) is 10.0 Å². The van der Waals surface area contributed by atoms with E-state index in [9.17, 15) is 18.3 Å². The molecule has 1 heterocycles. The van der Waals surface area contributed by atoms with Crippen LogP contribution in [0.3, 0.4) is 0 Å². The van der Waals surface area contributed by atoms with Crippen molar-refractivity contribution in [3.05, 3.63) is 54.1 Å². The molecule has 1 fully saturated rings. The van der Waals surface area contributed by atoms with Gasteiger partial charge in [0.25, 0.3) is 0 Å². The maximum Gasteiger partial charge on any atom is 0.323 e. The zero-order valence-electron chi connectivity index (χ0n) is 18.0. The summed E-state index contributed by atoms with van der Waals surface area (Å²) in [4.78, 5) is 12.0. The summed E-state index contributed by atoms with van der Waals surface area (Å²) in [6, 6.07) is 13.8. The minimum Gasteiger partial charge on any atom is -0.480 e. The van der Waals surface area contributed by atoms with Gasteiger partial charge < -0.3 is 5.11 Å². The molecule has 2 aromatic carbocycles. The van der Waals surface area contributed by atoms with Crippen molar-refractivity contribution in [2.75, 3.05) is 12.3 Å². The van der Waals surface area contributed by atoms with E-state index < -0.39 is 26.8 Å². The third-order valence-corrected chi connectivity index (χ3v) is 8.74. The number of carboxylic acid groups (broad SMARTS) is 1. The molecule has 0 spiro atoms. The molecular weight excluding hydrogens is 418 g/mol. The molecular formula is C23H29NO4S2. The number of hydrogen-bond acceptors (Lipinski definition) is 4. The smallest absolute Gasteiger partial charge is 0.323 e. The fraction of sp³-hybridized carbons (Fsp3) is 0.435. The lowest BCUT2D eigenvalue weighted by atomic mass is 9.86. The number of hydrogen-bond donors (Lipinski definition) is 1. The maximum atomic E-state index is 13.2. The van der Waals surface area contributed by atoms with E-state index in [4.69, 9.17) is 0 Å². The Morgan fingerprint density at radius 2 is 1.53 bits per heavy atom. The largest absolute Gasteiger partial charge is 0.480 e. The highest BCUT2D eigenvalue weighted by atomic mass is 32.2. The zero-order valence-corrected chi connectivity index (χ0v) is 19.7. The van der Waals surface area contributed by atoms with Gasteiger partial charge in [0.1, 0.15) is 6.04 Å². The third kappa shape index (κ3) is 4.43. The summed E-state index contributed by atoms with van der Waals surface area (Å²) in [5, 5.41) is 9.71. The van der Waals surface area contributed by atoms with Gasteiger partial charge in [-0.05, 0) is 48.1 Å². The summed E-state index contributed by atoms with van der Waals surface area (Å²) in [6.07, 6.45) is 0. The van der Waals surface area contributed by atoms with E-state index in [1.807, 2.05) is 12.1 Å². The van der Waals surface area contributed by atoms with Gasteiger partial charge in [0.05, 0.1) is 4.90 Å². The van der Waals surface area contributed by atoms with Gasteiger partial charge >= 0.3 is 5.97 Å². The van der Waals surface area contributed by atoms with Crippen LogP contribution in [0.1, 0.15) is 40.2 Å². The Balaban J connectivity index is 1.90. The number of sulfonamides is 1. The molecule has 0 aromatic heterocycles. The number of rotatable bonds is 4. The first-order chi connectivity index (χ1) is 13.8. The number of benzene rings is 2. The summed E-state index contributed by atoms with van der Waals surface area (Å²) >= 11 is 1.49. The average Bonchev–Trinajstić information content (AvgIpc) is 2.66. The Hall–Kier alpha value is -1.83. The van der Waals surface area contributed by atoms with Crippen LogP contribution in [0.2, 0.25) is 0 Å². The van der Waals surface area contributed by atoms with E-state index >= 15 is 0 Å². The lowest BCUT2D eigenvalue weighted by molar-refractivity contribution is -0.142. The molecule has 0 bridgehead atoms. The molecule has 0 radical (unpaired) electrons. The van der Waals surface area contributed by atoms with Crippen LogP contribution in [0.25, 0.3) is 11.1 Å². The highest BCUT2D eigenvalue weighted by molar-refractivity contribution is 8.00. The molecule has 1 aliphatic heterocycles. The lowest BCUT2D eigenvalue weighted by Crippen LogP contribution is -2.58. The quantitative estimate of drug-likeness (QED) is 0.740. The number of thioether (sulfide) groups is 1. The average molecular weight is 448 g/mol. The lowest BCUT2D eigenvalue weighted by Gasteiger charge is -2.42. The third-order valence-electron chi connectivity index (χ3n) is 5.51. The summed E-state index contributed by atoms with van der Waals surface area (Å²) in [5.74, 6) is -0.555. The molecule has 0 saturated carbocycles. The Bertz CT molecular complexity index is 1020. The van der Waals surface area contributed by atoms with E-state index in [-0.39, 0.29) is 16.9 Å². The molecule has 30 heavy (non-hydrogen) atoms. The SMILES string of the molecule is CC(C)(C)c1ccc(-c2ccc(S(=O)(=O)N3CCSC(C)(C)C3C(=O)O)cc2)cc1. The van der Waals surface area contributed by atoms with Crippen molar-refractivity contribution in [3.8, 4) is 11.1 Å². The molecule has 2 aromatic rings. The van der Waals surface area contributed by atoms with Crippen LogP contribution in [0.4, 0.5) is 0 Å². The van der Waals surface area contributed by atoms with E-state index in [1.165, 1.54) is 17.3 Å². The Labute approximate surface area is 183 Å². The van der Waals surface area contributed by atoms with Gasteiger partial charge in [0.15, 0.2) is 0 Å². The van der Waals surface area contributed by atoms with Crippen molar-refractivity contribution in [3.63, 3.8) is 0 Å². The van der Waals surface area contributed by atoms with E-state index in [0.29, 0.717) is 5.75 Å². The van der Waals surface area contributed by atoms with Crippen LogP contribution in [0.15, 0.2) is 53.4 Å². The predicted octanol–water partition coefficient (Wildman–Crippen LogP) is 4.62. The molecule has 3 rings (SSSR count). The number of nitrogens with zero attached hydrogens (tertiary/aromatic N) is 1. The van der Waals surface area contributed by atoms with Crippen LogP contribution in [0, 0.1) is 0 Å². The molecule has 5 nitrogen and oxygen atoms in total. The Morgan fingerprint density at radius 3 is 2.00 bits per heavy atom. The fourth-order valence-corrected chi connectivity index (χ4v) is 6.85. The molecule has 1 unspecified atom stereocenters. The maximum absolute atomic E-state index is 13.2. The van der Waals surface area contributed by atoms with E-state index in [1.54, 1.807) is 38.1 Å². The summed E-state index contributed by atoms with van der Waals surface area (Å²) in [6.45, 7) is 10.2. The number of aliphatic carboxylic acids is 1. The normalized spacial score (nSPS) is 20.1. The predicted molar refractivity (Wildman–Crippen MR) is 122 cm³/mol. The molecule has 0 aliphatic carbocycles. The van der Waals surface area contributed by atoms with Gasteiger partial charge in [-0.15, -0.1) is 0 Å². The molecule has 7 heteroatoms. The second kappa shape index (κ2) is 8.02. The monoisotopic (exact) mass is 447 g/mol.